The van der Waals surface area contributed by atoms with Crippen LogP contribution in [0, 0.1) is 6.92 Å². The van der Waals surface area contributed by atoms with E-state index in [2.05, 4.69) is 30.9 Å². The van der Waals surface area contributed by atoms with Crippen LogP contribution in [0.3, 0.4) is 0 Å². The number of rotatable bonds is 3. The highest BCUT2D eigenvalue weighted by Crippen LogP contribution is 2.26. The fraction of sp³-hybridized carbons (Fsp3) is 0.692. The minimum atomic E-state index is 0.589. The van der Waals surface area contributed by atoms with E-state index in [9.17, 15) is 0 Å². The molecule has 3 heteroatoms. The van der Waals surface area contributed by atoms with E-state index in [1.165, 1.54) is 29.0 Å². The summed E-state index contributed by atoms with van der Waals surface area (Å²) >= 11 is 1.91. The molecule has 2 atom stereocenters. The maximum absolute atomic E-state index is 5.88. The summed E-state index contributed by atoms with van der Waals surface area (Å²) in [5, 5.41) is 0. The van der Waals surface area contributed by atoms with Crippen molar-refractivity contribution in [1.82, 2.24) is 4.90 Å². The van der Waals surface area contributed by atoms with Crippen LogP contribution < -0.4 is 5.73 Å². The van der Waals surface area contributed by atoms with E-state index in [0.29, 0.717) is 12.1 Å². The zero-order chi connectivity index (χ0) is 11.5. The van der Waals surface area contributed by atoms with Crippen molar-refractivity contribution >= 4 is 11.3 Å². The van der Waals surface area contributed by atoms with Gasteiger partial charge in [-0.3, -0.25) is 4.90 Å². The molecule has 0 aromatic carbocycles. The van der Waals surface area contributed by atoms with Crippen LogP contribution in [0.25, 0.3) is 0 Å². The molecule has 90 valence electrons. The third-order valence-corrected chi connectivity index (χ3v) is 4.59. The van der Waals surface area contributed by atoms with Crippen molar-refractivity contribution in [3.05, 3.63) is 21.9 Å². The summed E-state index contributed by atoms with van der Waals surface area (Å²) in [6.45, 7) is 6.40. The molecule has 1 aliphatic rings. The lowest BCUT2D eigenvalue weighted by atomic mass is 9.96. The first-order valence-corrected chi connectivity index (χ1v) is 7.03. The third-order valence-electron chi connectivity index (χ3n) is 3.60. The second-order valence-electron chi connectivity index (χ2n) is 4.85. The van der Waals surface area contributed by atoms with Crippen molar-refractivity contribution in [3.8, 4) is 0 Å². The summed E-state index contributed by atoms with van der Waals surface area (Å²) < 4.78 is 0. The summed E-state index contributed by atoms with van der Waals surface area (Å²) in [6, 6.07) is 5.75. The summed E-state index contributed by atoms with van der Waals surface area (Å²) in [4.78, 5) is 5.48. The van der Waals surface area contributed by atoms with Crippen molar-refractivity contribution in [2.24, 2.45) is 5.73 Å². The van der Waals surface area contributed by atoms with E-state index in [0.717, 1.165) is 13.1 Å². The van der Waals surface area contributed by atoms with Crippen molar-refractivity contribution in [1.29, 1.82) is 0 Å². The second-order valence-corrected chi connectivity index (χ2v) is 6.23. The molecule has 1 fully saturated rings. The lowest BCUT2D eigenvalue weighted by Gasteiger charge is -2.40. The molecule has 0 spiro atoms. The Labute approximate surface area is 102 Å². The zero-order valence-electron chi connectivity index (χ0n) is 10.3. The van der Waals surface area contributed by atoms with Crippen molar-refractivity contribution in [3.63, 3.8) is 0 Å². The van der Waals surface area contributed by atoms with Gasteiger partial charge in [0, 0.05) is 34.9 Å². The summed E-state index contributed by atoms with van der Waals surface area (Å²) in [6.07, 6.45) is 3.93. The predicted octanol–water partition coefficient (Wildman–Crippen LogP) is 2.76. The van der Waals surface area contributed by atoms with Crippen LogP contribution in [0.4, 0.5) is 0 Å². The lowest BCUT2D eigenvalue weighted by Crippen LogP contribution is -2.48. The van der Waals surface area contributed by atoms with E-state index in [1.54, 1.807) is 0 Å². The van der Waals surface area contributed by atoms with E-state index in [1.807, 2.05) is 11.3 Å². The molecule has 1 aromatic rings. The monoisotopic (exact) mass is 238 g/mol. The van der Waals surface area contributed by atoms with Crippen LogP contribution in [-0.4, -0.2) is 23.5 Å². The summed E-state index contributed by atoms with van der Waals surface area (Å²) in [5.74, 6) is 0. The summed E-state index contributed by atoms with van der Waals surface area (Å²) in [5.41, 5.74) is 5.88. The third kappa shape index (κ3) is 2.65. The normalized spacial score (nSPS) is 27.2. The number of nitrogens with zero attached hydrogens (tertiary/aromatic N) is 1. The number of likely N-dealkylation sites (tertiary alicyclic amines) is 1. The second kappa shape index (κ2) is 5.30. The zero-order valence-corrected chi connectivity index (χ0v) is 11.1. The maximum Gasteiger partial charge on any atom is 0.0334 e. The van der Waals surface area contributed by atoms with Gasteiger partial charge in [-0.2, -0.15) is 0 Å². The van der Waals surface area contributed by atoms with E-state index >= 15 is 0 Å². The van der Waals surface area contributed by atoms with Gasteiger partial charge in [0.25, 0.3) is 0 Å². The Morgan fingerprint density at radius 1 is 1.44 bits per heavy atom. The van der Waals surface area contributed by atoms with Gasteiger partial charge in [0.1, 0.15) is 0 Å². The van der Waals surface area contributed by atoms with Gasteiger partial charge in [-0.05, 0) is 38.8 Å². The molecule has 0 bridgehead atoms. The quantitative estimate of drug-likeness (QED) is 0.877. The Morgan fingerprint density at radius 3 is 2.88 bits per heavy atom. The van der Waals surface area contributed by atoms with Crippen molar-refractivity contribution in [2.45, 2.75) is 51.7 Å². The topological polar surface area (TPSA) is 29.3 Å². The first-order valence-electron chi connectivity index (χ1n) is 6.22. The molecule has 0 saturated carbocycles. The Morgan fingerprint density at radius 2 is 2.25 bits per heavy atom. The molecule has 2 nitrogen and oxygen atoms in total. The Balaban J connectivity index is 2.05. The number of aryl methyl sites for hydroxylation is 1. The van der Waals surface area contributed by atoms with Gasteiger partial charge in [0.15, 0.2) is 0 Å². The Kier molecular flexibility index (Phi) is 4.00. The van der Waals surface area contributed by atoms with E-state index in [-0.39, 0.29) is 0 Å². The highest BCUT2D eigenvalue weighted by Gasteiger charge is 2.26. The molecule has 2 N–H and O–H groups in total. The van der Waals surface area contributed by atoms with Gasteiger partial charge < -0.3 is 5.73 Å². The molecule has 2 unspecified atom stereocenters. The molecule has 2 heterocycles. The van der Waals surface area contributed by atoms with Gasteiger partial charge >= 0.3 is 0 Å². The number of hydrogen-bond acceptors (Lipinski definition) is 3. The molecule has 2 rings (SSSR count). The Hall–Kier alpha value is -0.380. The lowest BCUT2D eigenvalue weighted by molar-refractivity contribution is 0.0904. The van der Waals surface area contributed by atoms with Crippen LogP contribution in [0.5, 0.6) is 0 Å². The molecule has 1 saturated heterocycles. The van der Waals surface area contributed by atoms with Crippen LogP contribution in [0.2, 0.25) is 0 Å². The minimum absolute atomic E-state index is 0.589. The van der Waals surface area contributed by atoms with Gasteiger partial charge in [-0.1, -0.05) is 6.42 Å². The van der Waals surface area contributed by atoms with Crippen LogP contribution in [0.1, 0.15) is 35.9 Å². The smallest absolute Gasteiger partial charge is 0.0334 e. The number of nitrogens with two attached hydrogens (primary N) is 1. The van der Waals surface area contributed by atoms with Crippen LogP contribution in [-0.2, 0) is 6.54 Å². The average molecular weight is 238 g/mol. The molecule has 0 amide bonds. The van der Waals surface area contributed by atoms with Gasteiger partial charge in [-0.25, -0.2) is 0 Å². The standard InChI is InChI=1S/C13H22N2S/c1-10-4-3-5-12(8-14)15(10)9-13-7-6-11(2)16-13/h6-7,10,12H,3-5,8-9,14H2,1-2H3. The molecular weight excluding hydrogens is 216 g/mol. The van der Waals surface area contributed by atoms with Gasteiger partial charge in [-0.15, -0.1) is 11.3 Å². The number of hydrogen-bond donors (Lipinski definition) is 1. The highest BCUT2D eigenvalue weighted by molar-refractivity contribution is 7.11. The molecule has 0 radical (unpaired) electrons. The fourth-order valence-electron chi connectivity index (χ4n) is 2.63. The molecule has 16 heavy (non-hydrogen) atoms. The predicted molar refractivity (Wildman–Crippen MR) is 70.8 cm³/mol. The first kappa shape index (κ1) is 12.1. The van der Waals surface area contributed by atoms with Crippen molar-refractivity contribution in [2.75, 3.05) is 6.54 Å². The fourth-order valence-corrected chi connectivity index (χ4v) is 3.53. The highest BCUT2D eigenvalue weighted by atomic mass is 32.1. The van der Waals surface area contributed by atoms with Crippen molar-refractivity contribution < 1.29 is 0 Å². The molecule has 1 aromatic heterocycles. The maximum atomic E-state index is 5.88. The Bertz CT molecular complexity index is 334. The molecular formula is C13H22N2S. The van der Waals surface area contributed by atoms with Gasteiger partial charge in [0.2, 0.25) is 0 Å². The van der Waals surface area contributed by atoms with Crippen LogP contribution >= 0.6 is 11.3 Å². The first-order chi connectivity index (χ1) is 7.70. The largest absolute Gasteiger partial charge is 0.329 e. The summed E-state index contributed by atoms with van der Waals surface area (Å²) in [7, 11) is 0. The van der Waals surface area contributed by atoms with Crippen LogP contribution in [0.15, 0.2) is 12.1 Å². The average Bonchev–Trinajstić information content (AvgIpc) is 2.67. The number of thiophene rings is 1. The van der Waals surface area contributed by atoms with E-state index < -0.39 is 0 Å². The SMILES string of the molecule is Cc1ccc(CN2C(C)CCCC2CN)s1. The number of piperidine rings is 1. The van der Waals surface area contributed by atoms with Gasteiger partial charge in [0.05, 0.1) is 0 Å². The minimum Gasteiger partial charge on any atom is -0.329 e. The molecule has 1 aliphatic heterocycles. The van der Waals surface area contributed by atoms with E-state index in [4.69, 9.17) is 5.73 Å². The molecule has 0 aliphatic carbocycles.